The van der Waals surface area contributed by atoms with Gasteiger partial charge < -0.3 is 9.64 Å². The van der Waals surface area contributed by atoms with Crippen LogP contribution in [0.15, 0.2) is 0 Å². The molecular formula is C11H19NO2S. The van der Waals surface area contributed by atoms with Gasteiger partial charge in [-0.3, -0.25) is 0 Å². The summed E-state index contributed by atoms with van der Waals surface area (Å²) >= 11 is 1.91. The van der Waals surface area contributed by atoms with Crippen molar-refractivity contribution < 1.29 is 9.53 Å². The van der Waals surface area contributed by atoms with Gasteiger partial charge in [0.15, 0.2) is 0 Å². The number of thioether (sulfide) groups is 1. The number of amides is 1. The first-order chi connectivity index (χ1) is 7.36. The Hall–Kier alpha value is -0.380. The van der Waals surface area contributed by atoms with Crippen molar-refractivity contribution in [3.05, 3.63) is 0 Å². The summed E-state index contributed by atoms with van der Waals surface area (Å²) in [6.07, 6.45) is 5.97. The van der Waals surface area contributed by atoms with Crippen LogP contribution in [0, 0.1) is 0 Å². The van der Waals surface area contributed by atoms with Gasteiger partial charge in [-0.1, -0.05) is 6.42 Å². The molecule has 1 aliphatic carbocycles. The molecule has 0 atom stereocenters. The Morgan fingerprint density at radius 3 is 2.47 bits per heavy atom. The van der Waals surface area contributed by atoms with E-state index in [1.54, 1.807) is 0 Å². The van der Waals surface area contributed by atoms with E-state index < -0.39 is 0 Å². The third-order valence-electron chi connectivity index (χ3n) is 3.09. The summed E-state index contributed by atoms with van der Waals surface area (Å²) in [6.45, 7) is 1.71. The van der Waals surface area contributed by atoms with Crippen LogP contribution in [0.25, 0.3) is 0 Å². The summed E-state index contributed by atoms with van der Waals surface area (Å²) in [7, 11) is 0. The minimum atomic E-state index is -0.0813. The van der Waals surface area contributed by atoms with Crippen molar-refractivity contribution in [2.45, 2.75) is 38.2 Å². The van der Waals surface area contributed by atoms with Gasteiger partial charge in [-0.15, -0.1) is 0 Å². The molecular weight excluding hydrogens is 210 g/mol. The lowest BCUT2D eigenvalue weighted by Crippen LogP contribution is -2.40. The lowest BCUT2D eigenvalue weighted by Gasteiger charge is -2.29. The smallest absolute Gasteiger partial charge is 0.410 e. The molecule has 1 aliphatic heterocycles. The normalized spacial score (nSPS) is 23.9. The molecule has 1 amide bonds. The molecule has 2 rings (SSSR count). The largest absolute Gasteiger partial charge is 0.446 e. The zero-order valence-corrected chi connectivity index (χ0v) is 9.93. The Balaban J connectivity index is 1.74. The number of rotatable bonds is 1. The molecule has 15 heavy (non-hydrogen) atoms. The zero-order valence-electron chi connectivity index (χ0n) is 9.11. The van der Waals surface area contributed by atoms with Gasteiger partial charge in [0.25, 0.3) is 0 Å². The summed E-state index contributed by atoms with van der Waals surface area (Å²) in [5, 5.41) is 0. The van der Waals surface area contributed by atoms with E-state index in [2.05, 4.69) is 0 Å². The van der Waals surface area contributed by atoms with Gasteiger partial charge in [0.1, 0.15) is 6.10 Å². The van der Waals surface area contributed by atoms with Crippen LogP contribution >= 0.6 is 11.8 Å². The molecule has 0 aromatic carbocycles. The van der Waals surface area contributed by atoms with Crippen LogP contribution < -0.4 is 0 Å². The minimum Gasteiger partial charge on any atom is -0.446 e. The first-order valence-electron chi connectivity index (χ1n) is 5.89. The summed E-state index contributed by atoms with van der Waals surface area (Å²) in [5.41, 5.74) is 0. The van der Waals surface area contributed by atoms with Gasteiger partial charge in [-0.05, 0) is 25.7 Å². The third kappa shape index (κ3) is 3.30. The number of carbonyl (C=O) groups is 1. The zero-order chi connectivity index (χ0) is 10.5. The first-order valence-corrected chi connectivity index (χ1v) is 7.05. The molecule has 0 unspecified atom stereocenters. The van der Waals surface area contributed by atoms with E-state index in [0.29, 0.717) is 0 Å². The van der Waals surface area contributed by atoms with Gasteiger partial charge >= 0.3 is 6.09 Å². The molecule has 1 saturated carbocycles. The number of hydrogen-bond acceptors (Lipinski definition) is 3. The van der Waals surface area contributed by atoms with E-state index in [-0.39, 0.29) is 12.2 Å². The van der Waals surface area contributed by atoms with Gasteiger partial charge in [0.05, 0.1) is 0 Å². The van der Waals surface area contributed by atoms with Crippen LogP contribution in [0.4, 0.5) is 4.79 Å². The van der Waals surface area contributed by atoms with Crippen LogP contribution in [0.5, 0.6) is 0 Å². The molecule has 1 heterocycles. The van der Waals surface area contributed by atoms with Gasteiger partial charge in [0.2, 0.25) is 0 Å². The van der Waals surface area contributed by atoms with Gasteiger partial charge in [0, 0.05) is 24.6 Å². The van der Waals surface area contributed by atoms with Gasteiger partial charge in [-0.25, -0.2) is 4.79 Å². The Labute approximate surface area is 95.5 Å². The van der Waals surface area contributed by atoms with Crippen LogP contribution in [-0.4, -0.2) is 41.7 Å². The first kappa shape index (κ1) is 11.1. The molecule has 3 nitrogen and oxygen atoms in total. The quantitative estimate of drug-likeness (QED) is 0.692. The maximum Gasteiger partial charge on any atom is 0.410 e. The summed E-state index contributed by atoms with van der Waals surface area (Å²) in [6, 6.07) is 0. The fraction of sp³-hybridized carbons (Fsp3) is 0.909. The molecule has 0 radical (unpaired) electrons. The lowest BCUT2D eigenvalue weighted by atomic mass is 9.98. The Morgan fingerprint density at radius 1 is 1.13 bits per heavy atom. The second kappa shape index (κ2) is 5.64. The predicted molar refractivity (Wildman–Crippen MR) is 62.3 cm³/mol. The van der Waals surface area contributed by atoms with E-state index in [9.17, 15) is 4.79 Å². The second-order valence-corrected chi connectivity index (χ2v) is 5.47. The maximum atomic E-state index is 11.8. The number of carbonyl (C=O) groups excluding carboxylic acids is 1. The average molecular weight is 229 g/mol. The van der Waals surface area contributed by atoms with Crippen molar-refractivity contribution >= 4 is 17.9 Å². The standard InChI is InChI=1S/C11H19NO2S/c13-11(12-6-8-15-9-7-12)14-10-4-2-1-3-5-10/h10H,1-9H2. The van der Waals surface area contributed by atoms with Crippen LogP contribution in [0.3, 0.4) is 0 Å². The van der Waals surface area contributed by atoms with E-state index in [4.69, 9.17) is 4.74 Å². The lowest BCUT2D eigenvalue weighted by molar-refractivity contribution is 0.0480. The number of ether oxygens (including phenoxy) is 1. The number of hydrogen-bond donors (Lipinski definition) is 0. The molecule has 0 bridgehead atoms. The topological polar surface area (TPSA) is 29.5 Å². The van der Waals surface area contributed by atoms with Crippen LogP contribution in [-0.2, 0) is 4.74 Å². The monoisotopic (exact) mass is 229 g/mol. The third-order valence-corrected chi connectivity index (χ3v) is 4.03. The van der Waals surface area contributed by atoms with E-state index >= 15 is 0 Å². The SMILES string of the molecule is O=C(OC1CCCCC1)N1CCSCC1. The van der Waals surface area contributed by atoms with Crippen molar-refractivity contribution in [1.82, 2.24) is 4.90 Å². The molecule has 4 heteroatoms. The van der Waals surface area contributed by atoms with Crippen molar-refractivity contribution in [2.24, 2.45) is 0 Å². The molecule has 0 aromatic rings. The summed E-state index contributed by atoms with van der Waals surface area (Å²) < 4.78 is 5.51. The fourth-order valence-electron chi connectivity index (χ4n) is 2.15. The Morgan fingerprint density at radius 2 is 1.80 bits per heavy atom. The minimum absolute atomic E-state index is 0.0813. The highest BCUT2D eigenvalue weighted by Crippen LogP contribution is 2.21. The maximum absolute atomic E-state index is 11.8. The van der Waals surface area contributed by atoms with E-state index in [1.165, 1.54) is 19.3 Å². The highest BCUT2D eigenvalue weighted by Gasteiger charge is 2.22. The van der Waals surface area contributed by atoms with Crippen molar-refractivity contribution in [3.63, 3.8) is 0 Å². The van der Waals surface area contributed by atoms with Gasteiger partial charge in [-0.2, -0.15) is 11.8 Å². The summed E-state index contributed by atoms with van der Waals surface area (Å²) in [4.78, 5) is 13.6. The number of nitrogens with zero attached hydrogens (tertiary/aromatic N) is 1. The van der Waals surface area contributed by atoms with E-state index in [0.717, 1.165) is 37.4 Å². The molecule has 0 N–H and O–H groups in total. The molecule has 2 aliphatic rings. The fourth-order valence-corrected chi connectivity index (χ4v) is 3.05. The molecule has 0 aromatic heterocycles. The Bertz CT molecular complexity index is 211. The van der Waals surface area contributed by atoms with Crippen molar-refractivity contribution in [1.29, 1.82) is 0 Å². The molecule has 1 saturated heterocycles. The van der Waals surface area contributed by atoms with Crippen molar-refractivity contribution in [2.75, 3.05) is 24.6 Å². The highest BCUT2D eigenvalue weighted by atomic mass is 32.2. The second-order valence-electron chi connectivity index (χ2n) is 4.24. The van der Waals surface area contributed by atoms with Crippen molar-refractivity contribution in [3.8, 4) is 0 Å². The highest BCUT2D eigenvalue weighted by molar-refractivity contribution is 7.99. The molecule has 86 valence electrons. The Kier molecular flexibility index (Phi) is 4.18. The molecule has 0 spiro atoms. The predicted octanol–water partition coefficient (Wildman–Crippen LogP) is 2.50. The summed E-state index contributed by atoms with van der Waals surface area (Å²) in [5.74, 6) is 2.11. The van der Waals surface area contributed by atoms with Crippen LogP contribution in [0.2, 0.25) is 0 Å². The molecule has 2 fully saturated rings. The van der Waals surface area contributed by atoms with E-state index in [1.807, 2.05) is 16.7 Å². The average Bonchev–Trinajstić information content (AvgIpc) is 2.31. The van der Waals surface area contributed by atoms with Crippen LogP contribution in [0.1, 0.15) is 32.1 Å².